The van der Waals surface area contributed by atoms with Crippen molar-refractivity contribution in [2.45, 2.75) is 31.3 Å². The number of thioether (sulfide) groups is 1. The summed E-state index contributed by atoms with van der Waals surface area (Å²) in [4.78, 5) is 22.4. The standard InChI is InChI=1S/C18H17F3N2O3S/c1-3-12-6-4-5-11(2)17(12)22-16(24)10-27-15-8-7-13(18(19,20)21)9-14(15)23(25)26/h4-9H,3,10H2,1-2H3,(H,22,24). The molecule has 0 saturated heterocycles. The molecule has 0 atom stereocenters. The number of alkyl halides is 3. The number of benzene rings is 2. The van der Waals surface area contributed by atoms with E-state index in [1.807, 2.05) is 32.0 Å². The largest absolute Gasteiger partial charge is 0.416 e. The van der Waals surface area contributed by atoms with E-state index in [-0.39, 0.29) is 10.6 Å². The zero-order valence-electron chi connectivity index (χ0n) is 14.6. The number of nitrogens with one attached hydrogen (secondary N) is 1. The van der Waals surface area contributed by atoms with Gasteiger partial charge in [-0.15, -0.1) is 11.8 Å². The van der Waals surface area contributed by atoms with Gasteiger partial charge in [0.1, 0.15) is 0 Å². The van der Waals surface area contributed by atoms with E-state index in [4.69, 9.17) is 0 Å². The minimum atomic E-state index is -4.67. The van der Waals surface area contributed by atoms with Gasteiger partial charge in [-0.05, 0) is 36.6 Å². The molecule has 1 amide bonds. The molecule has 0 bridgehead atoms. The third-order valence-electron chi connectivity index (χ3n) is 3.85. The third kappa shape index (κ3) is 5.22. The average Bonchev–Trinajstić information content (AvgIpc) is 2.60. The van der Waals surface area contributed by atoms with Crippen molar-refractivity contribution in [1.29, 1.82) is 0 Å². The van der Waals surface area contributed by atoms with Gasteiger partial charge in [-0.3, -0.25) is 14.9 Å². The van der Waals surface area contributed by atoms with Crippen molar-refractivity contribution in [3.8, 4) is 0 Å². The van der Waals surface area contributed by atoms with E-state index in [2.05, 4.69) is 5.32 Å². The van der Waals surface area contributed by atoms with Crippen molar-refractivity contribution in [3.63, 3.8) is 0 Å². The van der Waals surface area contributed by atoms with Crippen LogP contribution in [0.4, 0.5) is 24.5 Å². The van der Waals surface area contributed by atoms with Crippen molar-refractivity contribution >= 4 is 29.0 Å². The Bertz CT molecular complexity index is 869. The van der Waals surface area contributed by atoms with Gasteiger partial charge in [0, 0.05) is 11.8 Å². The lowest BCUT2D eigenvalue weighted by Crippen LogP contribution is -2.16. The Hall–Kier alpha value is -2.55. The molecular weight excluding hydrogens is 381 g/mol. The molecule has 0 aromatic heterocycles. The SMILES string of the molecule is CCc1cccc(C)c1NC(=O)CSc1ccc(C(F)(F)F)cc1[N+](=O)[O-]. The lowest BCUT2D eigenvalue weighted by molar-refractivity contribution is -0.388. The first-order valence-electron chi connectivity index (χ1n) is 8.00. The van der Waals surface area contributed by atoms with Crippen molar-refractivity contribution in [2.24, 2.45) is 0 Å². The summed E-state index contributed by atoms with van der Waals surface area (Å²) in [7, 11) is 0. The number of nitro groups is 1. The number of hydrogen-bond acceptors (Lipinski definition) is 4. The summed E-state index contributed by atoms with van der Waals surface area (Å²) < 4.78 is 38.2. The Morgan fingerprint density at radius 1 is 1.26 bits per heavy atom. The number of amides is 1. The van der Waals surface area contributed by atoms with Gasteiger partial charge in [0.15, 0.2) is 0 Å². The molecule has 2 aromatic carbocycles. The summed E-state index contributed by atoms with van der Waals surface area (Å²) in [5, 5.41) is 13.9. The zero-order chi connectivity index (χ0) is 20.2. The van der Waals surface area contributed by atoms with Crippen molar-refractivity contribution in [1.82, 2.24) is 0 Å². The molecule has 0 radical (unpaired) electrons. The minimum absolute atomic E-state index is 0.00338. The quantitative estimate of drug-likeness (QED) is 0.412. The molecule has 27 heavy (non-hydrogen) atoms. The van der Waals surface area contributed by atoms with Crippen LogP contribution < -0.4 is 5.32 Å². The fraction of sp³-hybridized carbons (Fsp3) is 0.278. The first kappa shape index (κ1) is 20.8. The third-order valence-corrected chi connectivity index (χ3v) is 4.91. The smallest absolute Gasteiger partial charge is 0.325 e. The lowest BCUT2D eigenvalue weighted by atomic mass is 10.1. The van der Waals surface area contributed by atoms with Gasteiger partial charge < -0.3 is 5.32 Å². The molecular formula is C18H17F3N2O3S. The van der Waals surface area contributed by atoms with Crippen molar-refractivity contribution < 1.29 is 22.9 Å². The number of anilines is 1. The van der Waals surface area contributed by atoms with E-state index < -0.39 is 28.3 Å². The topological polar surface area (TPSA) is 72.2 Å². The summed E-state index contributed by atoms with van der Waals surface area (Å²) in [6.45, 7) is 3.80. The van der Waals surface area contributed by atoms with Crippen LogP contribution in [0.2, 0.25) is 0 Å². The van der Waals surface area contributed by atoms with E-state index in [9.17, 15) is 28.1 Å². The van der Waals surface area contributed by atoms with Crippen LogP contribution in [0.1, 0.15) is 23.6 Å². The highest BCUT2D eigenvalue weighted by Gasteiger charge is 2.33. The van der Waals surface area contributed by atoms with Crippen LogP contribution >= 0.6 is 11.8 Å². The fourth-order valence-electron chi connectivity index (χ4n) is 2.48. The van der Waals surface area contributed by atoms with Crippen LogP contribution in [0.25, 0.3) is 0 Å². The summed E-state index contributed by atoms with van der Waals surface area (Å²) in [5.74, 6) is -0.554. The van der Waals surface area contributed by atoms with E-state index in [1.54, 1.807) is 0 Å². The van der Waals surface area contributed by atoms with Gasteiger partial charge in [-0.1, -0.05) is 25.1 Å². The van der Waals surface area contributed by atoms with Gasteiger partial charge in [0.25, 0.3) is 5.69 Å². The second-order valence-electron chi connectivity index (χ2n) is 5.74. The molecule has 0 unspecified atom stereocenters. The number of halogens is 3. The summed E-state index contributed by atoms with van der Waals surface area (Å²) in [6.07, 6.45) is -3.96. The maximum Gasteiger partial charge on any atom is 0.416 e. The van der Waals surface area contributed by atoms with Crippen LogP contribution in [-0.4, -0.2) is 16.6 Å². The molecule has 2 aromatic rings. The van der Waals surface area contributed by atoms with Crippen molar-refractivity contribution in [2.75, 3.05) is 11.1 Å². The van der Waals surface area contributed by atoms with Crippen LogP contribution in [0.3, 0.4) is 0 Å². The zero-order valence-corrected chi connectivity index (χ0v) is 15.4. The van der Waals surface area contributed by atoms with Gasteiger partial charge in [-0.25, -0.2) is 0 Å². The molecule has 0 spiro atoms. The fourth-order valence-corrected chi connectivity index (χ4v) is 3.28. The molecule has 0 aliphatic rings. The number of rotatable bonds is 6. The first-order valence-corrected chi connectivity index (χ1v) is 8.98. The molecule has 9 heteroatoms. The highest BCUT2D eigenvalue weighted by Crippen LogP contribution is 2.36. The van der Waals surface area contributed by atoms with Gasteiger partial charge in [-0.2, -0.15) is 13.2 Å². The molecule has 0 aliphatic heterocycles. The molecule has 2 rings (SSSR count). The Labute approximate surface area is 158 Å². The minimum Gasteiger partial charge on any atom is -0.325 e. The predicted octanol–water partition coefficient (Wildman–Crippen LogP) is 5.22. The highest BCUT2D eigenvalue weighted by atomic mass is 32.2. The van der Waals surface area contributed by atoms with E-state index in [0.717, 1.165) is 41.4 Å². The summed E-state index contributed by atoms with van der Waals surface area (Å²) >= 11 is 0.820. The highest BCUT2D eigenvalue weighted by molar-refractivity contribution is 8.00. The Kier molecular flexibility index (Phi) is 6.48. The predicted molar refractivity (Wildman–Crippen MR) is 98.0 cm³/mol. The molecule has 5 nitrogen and oxygen atoms in total. The number of hydrogen-bond donors (Lipinski definition) is 1. The molecule has 1 N–H and O–H groups in total. The number of nitro benzene ring substituents is 1. The van der Waals surface area contributed by atoms with Crippen LogP contribution in [0.5, 0.6) is 0 Å². The maximum absolute atomic E-state index is 12.7. The second-order valence-corrected chi connectivity index (χ2v) is 6.75. The molecule has 144 valence electrons. The van der Waals surface area contributed by atoms with Gasteiger partial charge >= 0.3 is 6.18 Å². The first-order chi connectivity index (χ1) is 12.6. The normalized spacial score (nSPS) is 11.3. The van der Waals surface area contributed by atoms with Gasteiger partial charge in [0.2, 0.25) is 5.91 Å². The average molecular weight is 398 g/mol. The Balaban J connectivity index is 2.15. The molecule has 0 saturated carbocycles. The summed E-state index contributed by atoms with van der Waals surface area (Å²) in [6, 6.07) is 7.88. The van der Waals surface area contributed by atoms with Crippen LogP contribution in [-0.2, 0) is 17.4 Å². The monoisotopic (exact) mass is 398 g/mol. The lowest BCUT2D eigenvalue weighted by Gasteiger charge is -2.13. The van der Waals surface area contributed by atoms with Crippen molar-refractivity contribution in [3.05, 3.63) is 63.2 Å². The van der Waals surface area contributed by atoms with Crippen LogP contribution in [0.15, 0.2) is 41.3 Å². The number of para-hydroxylation sites is 1. The Morgan fingerprint density at radius 3 is 2.56 bits per heavy atom. The van der Waals surface area contributed by atoms with E-state index in [1.165, 1.54) is 0 Å². The van der Waals surface area contributed by atoms with E-state index >= 15 is 0 Å². The second kappa shape index (κ2) is 8.43. The number of carbonyl (C=O) groups is 1. The summed E-state index contributed by atoms with van der Waals surface area (Å²) in [5.41, 5.74) is 0.748. The maximum atomic E-state index is 12.7. The molecule has 0 fully saturated rings. The molecule has 0 aliphatic carbocycles. The molecule has 0 heterocycles. The number of aryl methyl sites for hydroxylation is 2. The number of carbonyl (C=O) groups excluding carboxylic acids is 1. The van der Waals surface area contributed by atoms with E-state index in [0.29, 0.717) is 11.8 Å². The Morgan fingerprint density at radius 2 is 1.96 bits per heavy atom. The number of nitrogens with zero attached hydrogens (tertiary/aromatic N) is 1. The van der Waals surface area contributed by atoms with Crippen LogP contribution in [0, 0.1) is 17.0 Å². The van der Waals surface area contributed by atoms with Gasteiger partial charge in [0.05, 0.1) is 21.1 Å².